The minimum Gasteiger partial charge on any atom is -0.383 e. The van der Waals surface area contributed by atoms with Crippen LogP contribution in [0, 0.1) is 12.3 Å². The fourth-order valence-corrected chi connectivity index (χ4v) is 8.00. The van der Waals surface area contributed by atoms with Crippen LogP contribution < -0.4 is 5.73 Å². The first-order valence-electron chi connectivity index (χ1n) is 19.5. The van der Waals surface area contributed by atoms with E-state index >= 15 is 0 Å². The largest absolute Gasteiger partial charge is 0.383 e. The van der Waals surface area contributed by atoms with Crippen LogP contribution in [0.15, 0.2) is 188 Å². The lowest BCUT2D eigenvalue weighted by molar-refractivity contribution is 0.634. The van der Waals surface area contributed by atoms with Crippen LogP contribution in [0.4, 0.5) is 0 Å². The van der Waals surface area contributed by atoms with Gasteiger partial charge >= 0.3 is 0 Å². The van der Waals surface area contributed by atoms with Gasteiger partial charge in [0.05, 0.1) is 16.6 Å². The number of aromatic nitrogens is 2. The predicted molar refractivity (Wildman–Crippen MR) is 245 cm³/mol. The van der Waals surface area contributed by atoms with Crippen LogP contribution in [0.25, 0.3) is 55.2 Å². The number of fused-ring (bicyclic) bond motifs is 6. The number of para-hydroxylation sites is 2. The molecule has 5 heteroatoms. The van der Waals surface area contributed by atoms with Crippen LogP contribution >= 0.6 is 0 Å². The second-order valence-corrected chi connectivity index (χ2v) is 14.5. The van der Waals surface area contributed by atoms with Crippen molar-refractivity contribution in [1.82, 2.24) is 9.13 Å². The van der Waals surface area contributed by atoms with Crippen molar-refractivity contribution in [2.24, 2.45) is 10.7 Å². The first kappa shape index (κ1) is 38.3. The second-order valence-electron chi connectivity index (χ2n) is 14.5. The van der Waals surface area contributed by atoms with E-state index in [-0.39, 0.29) is 17.1 Å². The maximum atomic E-state index is 8.32. The van der Waals surface area contributed by atoms with Gasteiger partial charge in [-0.2, -0.15) is 0 Å². The number of aryl methyl sites for hydroxylation is 1. The smallest absolute Gasteiger partial charge is 0.154 e. The Kier molecular flexibility index (Phi) is 10.8. The molecule has 3 heterocycles. The molecule has 0 atom stereocenters. The van der Waals surface area contributed by atoms with Crippen LogP contribution in [0.1, 0.15) is 49.9 Å². The first-order chi connectivity index (χ1) is 27.7. The number of nitrogens with two attached hydrogens (primary N) is 1. The van der Waals surface area contributed by atoms with Gasteiger partial charge in [0.25, 0.3) is 0 Å². The van der Waals surface area contributed by atoms with Gasteiger partial charge in [-0.15, -0.1) is 0 Å². The number of hydrogen-bond donors (Lipinski definition) is 2. The highest BCUT2D eigenvalue weighted by Gasteiger charge is 2.36. The Hall–Kier alpha value is -6.98. The molecule has 8 aromatic rings. The summed E-state index contributed by atoms with van der Waals surface area (Å²) in [7, 11) is 0. The maximum absolute atomic E-state index is 8.32. The topological polar surface area (TPSA) is 72.1 Å². The summed E-state index contributed by atoms with van der Waals surface area (Å²) >= 11 is 0. The van der Waals surface area contributed by atoms with Crippen LogP contribution in [0.2, 0.25) is 0 Å². The molecule has 0 unspecified atom stereocenters. The molecule has 0 spiro atoms. The minimum atomic E-state index is -0.189. The number of aliphatic imine (C=N–C) groups is 1. The Morgan fingerprint density at radius 1 is 0.754 bits per heavy atom. The third-order valence-corrected chi connectivity index (χ3v) is 10.7. The van der Waals surface area contributed by atoms with E-state index in [1.165, 1.54) is 55.1 Å². The summed E-state index contributed by atoms with van der Waals surface area (Å²) in [6, 6.07) is 49.1. The van der Waals surface area contributed by atoms with Gasteiger partial charge in [0.15, 0.2) is 5.84 Å². The molecule has 9 rings (SSSR count). The van der Waals surface area contributed by atoms with E-state index in [2.05, 4.69) is 157 Å². The molecule has 0 fully saturated rings. The Morgan fingerprint density at radius 2 is 1.46 bits per heavy atom. The van der Waals surface area contributed by atoms with Crippen LogP contribution in [0.5, 0.6) is 0 Å². The molecular weight excluding hydrogens is 695 g/mol. The Labute approximate surface area is 336 Å². The van der Waals surface area contributed by atoms with Crippen molar-refractivity contribution in [3.8, 4) is 22.5 Å². The van der Waals surface area contributed by atoms with Crippen LogP contribution in [-0.4, -0.2) is 20.8 Å². The number of hydrogen-bond acceptors (Lipinski definition) is 1. The lowest BCUT2D eigenvalue weighted by Gasteiger charge is -2.35. The highest BCUT2D eigenvalue weighted by atomic mass is 15.0. The van der Waals surface area contributed by atoms with Crippen LogP contribution in [0.3, 0.4) is 0 Å². The summed E-state index contributed by atoms with van der Waals surface area (Å²) in [5.41, 5.74) is 19.6. The van der Waals surface area contributed by atoms with Gasteiger partial charge in [0.2, 0.25) is 0 Å². The third-order valence-electron chi connectivity index (χ3n) is 10.7. The number of amidine groups is 2. The lowest BCUT2D eigenvalue weighted by Crippen LogP contribution is -2.26. The molecule has 0 amide bonds. The van der Waals surface area contributed by atoms with Gasteiger partial charge in [0, 0.05) is 50.3 Å². The van der Waals surface area contributed by atoms with Crippen molar-refractivity contribution < 1.29 is 0 Å². The van der Waals surface area contributed by atoms with Crippen molar-refractivity contribution in [2.75, 3.05) is 0 Å². The zero-order valence-electron chi connectivity index (χ0n) is 33.4. The summed E-state index contributed by atoms with van der Waals surface area (Å²) in [6.45, 7) is 18.3. The number of nitrogens with zero attached hydrogens (tertiary/aromatic N) is 3. The highest BCUT2D eigenvalue weighted by molar-refractivity contribution is 6.17. The average Bonchev–Trinajstić information content (AvgIpc) is 3.82. The molecule has 0 saturated heterocycles. The standard InChI is InChI=1S/C43H35N5.C7H8.C2H6/c1-5-12-27(6-2)41(44)46-42(45)31-14-11-13-29(25-31)28-19-21-32(22-20-28)48-35-17-9-7-15-33(35)38-37(48)26-30-23-24-47-36-18-10-8-16-34(36)43(3,4)39(38)40(30)47;1-7-5-3-2-4-6-7;1-2/h5-26H,1-2H2,3-4H3,(H3,44,45,46);2-6H,1H3;1-2H3/b27-12+;;. The lowest BCUT2D eigenvalue weighted by atomic mass is 9.73. The second kappa shape index (κ2) is 16.0. The molecule has 0 bridgehead atoms. The number of benzene rings is 6. The third kappa shape index (κ3) is 6.93. The number of allylic oxidation sites excluding steroid dienone is 2. The van der Waals surface area contributed by atoms with Gasteiger partial charge in [0.1, 0.15) is 5.84 Å². The molecule has 3 N–H and O–H groups in total. The van der Waals surface area contributed by atoms with Gasteiger partial charge in [-0.3, -0.25) is 5.41 Å². The zero-order chi connectivity index (χ0) is 40.3. The van der Waals surface area contributed by atoms with E-state index in [0.717, 1.165) is 22.4 Å². The van der Waals surface area contributed by atoms with Crippen molar-refractivity contribution >= 4 is 44.4 Å². The van der Waals surface area contributed by atoms with Gasteiger partial charge < -0.3 is 14.9 Å². The molecule has 2 aromatic heterocycles. The molecule has 6 aromatic carbocycles. The molecule has 5 nitrogen and oxygen atoms in total. The van der Waals surface area contributed by atoms with Crippen molar-refractivity contribution in [1.29, 1.82) is 5.41 Å². The van der Waals surface area contributed by atoms with E-state index in [9.17, 15) is 0 Å². The van der Waals surface area contributed by atoms with Gasteiger partial charge in [-0.25, -0.2) is 4.99 Å². The molecule has 282 valence electrons. The predicted octanol–water partition coefficient (Wildman–Crippen LogP) is 13.0. The normalized spacial score (nSPS) is 12.9. The fourth-order valence-electron chi connectivity index (χ4n) is 8.00. The monoisotopic (exact) mass is 743 g/mol. The molecule has 1 aliphatic rings. The Morgan fingerprint density at radius 3 is 2.16 bits per heavy atom. The van der Waals surface area contributed by atoms with Crippen LogP contribution in [-0.2, 0) is 5.41 Å². The maximum Gasteiger partial charge on any atom is 0.154 e. The van der Waals surface area contributed by atoms with E-state index in [4.69, 9.17) is 11.1 Å². The number of nitrogens with one attached hydrogen (secondary N) is 1. The van der Waals surface area contributed by atoms with E-state index in [1.807, 2.05) is 50.2 Å². The summed E-state index contributed by atoms with van der Waals surface area (Å²) in [4.78, 5) is 4.33. The molecule has 0 saturated carbocycles. The summed E-state index contributed by atoms with van der Waals surface area (Å²) in [5, 5.41) is 12.1. The van der Waals surface area contributed by atoms with Gasteiger partial charge in [-0.05, 0) is 71.6 Å². The minimum absolute atomic E-state index is 0.0407. The van der Waals surface area contributed by atoms with E-state index < -0.39 is 0 Å². The SMILES string of the molecule is C=C/C=C(\C=C)C(=N)N=C(N)c1cccc(-c2ccc(-n3c4ccccc4c4c5c6c(ccn6-c6ccccc6C5(C)C)cc43)cc2)c1.CC.Cc1ccccc1. The quantitative estimate of drug-likeness (QED) is 0.0993. The molecular formula is C52H49N5. The average molecular weight is 744 g/mol. The Bertz CT molecular complexity index is 2840. The summed E-state index contributed by atoms with van der Waals surface area (Å²) in [5.74, 6) is 0.314. The molecule has 57 heavy (non-hydrogen) atoms. The summed E-state index contributed by atoms with van der Waals surface area (Å²) in [6.07, 6.45) is 7.08. The fraction of sp³-hybridized carbons (Fsp3) is 0.115. The zero-order valence-corrected chi connectivity index (χ0v) is 33.4. The molecule has 0 radical (unpaired) electrons. The first-order valence-corrected chi connectivity index (χ1v) is 19.5. The van der Waals surface area contributed by atoms with E-state index in [0.29, 0.717) is 5.57 Å². The van der Waals surface area contributed by atoms with E-state index in [1.54, 1.807) is 18.2 Å². The van der Waals surface area contributed by atoms with Crippen molar-refractivity contribution in [3.05, 3.63) is 205 Å². The Balaban J connectivity index is 0.000000494. The number of rotatable bonds is 6. The summed E-state index contributed by atoms with van der Waals surface area (Å²) < 4.78 is 4.77. The molecule has 0 aliphatic carbocycles. The highest BCUT2D eigenvalue weighted by Crippen LogP contribution is 2.50. The van der Waals surface area contributed by atoms with Gasteiger partial charge in [-0.1, -0.05) is 162 Å². The molecule has 1 aliphatic heterocycles. The van der Waals surface area contributed by atoms with Crippen molar-refractivity contribution in [3.63, 3.8) is 0 Å². The van der Waals surface area contributed by atoms with Crippen molar-refractivity contribution in [2.45, 2.75) is 40.0 Å².